The van der Waals surface area contributed by atoms with Crippen LogP contribution in [-0.2, 0) is 0 Å². The molecule has 1 aliphatic rings. The third-order valence-electron chi connectivity index (χ3n) is 5.25. The van der Waals surface area contributed by atoms with Crippen LogP contribution >= 0.6 is 0 Å². The van der Waals surface area contributed by atoms with Crippen molar-refractivity contribution in [3.8, 4) is 17.2 Å². The number of nitrogens with zero attached hydrogens (tertiary/aromatic N) is 3. The van der Waals surface area contributed by atoms with Crippen LogP contribution in [0.2, 0.25) is 0 Å². The van der Waals surface area contributed by atoms with E-state index in [-0.39, 0.29) is 17.5 Å². The number of hydrogen-bond donors (Lipinski definition) is 0. The molecule has 7 heteroatoms. The van der Waals surface area contributed by atoms with E-state index in [1.807, 2.05) is 0 Å². The van der Waals surface area contributed by atoms with Crippen molar-refractivity contribution in [3.05, 3.63) is 65.8 Å². The summed E-state index contributed by atoms with van der Waals surface area (Å²) in [5.41, 5.74) is 1.39. The predicted octanol–water partition coefficient (Wildman–Crippen LogP) is 3.95. The van der Waals surface area contributed by atoms with E-state index in [9.17, 15) is 9.18 Å². The second-order valence-electron chi connectivity index (χ2n) is 7.15. The van der Waals surface area contributed by atoms with Gasteiger partial charge in [-0.1, -0.05) is 0 Å². The van der Waals surface area contributed by atoms with Gasteiger partial charge in [0.1, 0.15) is 11.6 Å². The topological polar surface area (TPSA) is 68.5 Å². The summed E-state index contributed by atoms with van der Waals surface area (Å²) in [6, 6.07) is 13.2. The van der Waals surface area contributed by atoms with E-state index in [0.717, 1.165) is 31.7 Å². The first-order valence-electron chi connectivity index (χ1n) is 9.61. The lowest BCUT2D eigenvalue weighted by molar-refractivity contribution is 0.0906. The third-order valence-corrected chi connectivity index (χ3v) is 5.25. The molecule has 150 valence electrons. The number of aromatic nitrogens is 2. The van der Waals surface area contributed by atoms with E-state index < -0.39 is 0 Å². The molecule has 0 bridgehead atoms. The van der Waals surface area contributed by atoms with E-state index in [4.69, 9.17) is 9.15 Å². The molecular formula is C22H22FN3O3. The van der Waals surface area contributed by atoms with Gasteiger partial charge < -0.3 is 9.15 Å². The molecule has 0 aliphatic carbocycles. The molecule has 3 aromatic rings. The van der Waals surface area contributed by atoms with Gasteiger partial charge >= 0.3 is 0 Å². The molecule has 0 unspecified atom stereocenters. The predicted molar refractivity (Wildman–Crippen MR) is 105 cm³/mol. The third kappa shape index (κ3) is 4.51. The Bertz CT molecular complexity index is 962. The number of benzene rings is 2. The van der Waals surface area contributed by atoms with Gasteiger partial charge in [-0.2, -0.15) is 0 Å². The van der Waals surface area contributed by atoms with Gasteiger partial charge in [-0.3, -0.25) is 9.69 Å². The van der Waals surface area contributed by atoms with Gasteiger partial charge in [0.2, 0.25) is 11.8 Å². The number of halogens is 1. The normalized spacial score (nSPS) is 15.4. The van der Waals surface area contributed by atoms with Crippen molar-refractivity contribution >= 4 is 5.78 Å². The summed E-state index contributed by atoms with van der Waals surface area (Å²) in [5, 5.41) is 8.28. The highest BCUT2D eigenvalue weighted by molar-refractivity contribution is 5.97. The van der Waals surface area contributed by atoms with Crippen LogP contribution in [0, 0.1) is 5.82 Å². The van der Waals surface area contributed by atoms with Crippen LogP contribution in [0.1, 0.15) is 35.0 Å². The zero-order valence-corrected chi connectivity index (χ0v) is 16.2. The van der Waals surface area contributed by atoms with Crippen LogP contribution in [0.5, 0.6) is 5.75 Å². The SMILES string of the molecule is COc1ccc(C(=O)CN2CCC(c3nnc(-c4ccc(F)cc4)o3)CC2)cc1. The molecule has 1 aromatic heterocycles. The standard InChI is InChI=1S/C22H22FN3O3/c1-28-19-8-4-15(5-9-19)20(27)14-26-12-10-17(11-13-26)22-25-24-21(29-22)16-2-6-18(23)7-3-16/h2-9,17H,10-14H2,1H3. The Balaban J connectivity index is 1.32. The first-order valence-corrected chi connectivity index (χ1v) is 9.61. The van der Waals surface area contributed by atoms with Crippen molar-refractivity contribution in [2.45, 2.75) is 18.8 Å². The highest BCUT2D eigenvalue weighted by Gasteiger charge is 2.26. The second kappa shape index (κ2) is 8.53. The van der Waals surface area contributed by atoms with Gasteiger partial charge in [0, 0.05) is 17.0 Å². The number of ether oxygens (including phenoxy) is 1. The van der Waals surface area contributed by atoms with Crippen LogP contribution in [0.4, 0.5) is 4.39 Å². The average Bonchev–Trinajstić information content (AvgIpc) is 3.25. The van der Waals surface area contributed by atoms with Crippen LogP contribution in [-0.4, -0.2) is 47.6 Å². The molecule has 0 saturated carbocycles. The van der Waals surface area contributed by atoms with Crippen molar-refractivity contribution in [2.24, 2.45) is 0 Å². The maximum Gasteiger partial charge on any atom is 0.247 e. The number of carbonyl (C=O) groups is 1. The summed E-state index contributed by atoms with van der Waals surface area (Å²) < 4.78 is 24.0. The number of methoxy groups -OCH3 is 1. The molecule has 0 N–H and O–H groups in total. The van der Waals surface area contributed by atoms with E-state index in [2.05, 4.69) is 15.1 Å². The Kier molecular flexibility index (Phi) is 5.67. The van der Waals surface area contributed by atoms with Gasteiger partial charge in [0.25, 0.3) is 0 Å². The molecule has 0 amide bonds. The fraction of sp³-hybridized carbons (Fsp3) is 0.318. The van der Waals surface area contributed by atoms with E-state index in [1.165, 1.54) is 12.1 Å². The lowest BCUT2D eigenvalue weighted by atomic mass is 9.96. The first-order chi connectivity index (χ1) is 14.1. The molecular weight excluding hydrogens is 373 g/mol. The van der Waals surface area contributed by atoms with Crippen LogP contribution in [0.25, 0.3) is 11.5 Å². The van der Waals surface area contributed by atoms with Crippen molar-refractivity contribution < 1.29 is 18.3 Å². The number of piperidine rings is 1. The average molecular weight is 395 g/mol. The molecule has 0 radical (unpaired) electrons. The molecule has 4 rings (SSSR count). The fourth-order valence-corrected chi connectivity index (χ4v) is 3.52. The zero-order chi connectivity index (χ0) is 20.2. The molecule has 2 heterocycles. The number of ketones is 1. The van der Waals surface area contributed by atoms with Gasteiger partial charge in [-0.15, -0.1) is 10.2 Å². The maximum atomic E-state index is 13.1. The maximum absolute atomic E-state index is 13.1. The molecule has 1 fully saturated rings. The molecule has 1 aliphatic heterocycles. The number of Topliss-reactive ketones (excluding diaryl/α,β-unsaturated/α-hetero) is 1. The Hall–Kier alpha value is -3.06. The second-order valence-corrected chi connectivity index (χ2v) is 7.15. The number of likely N-dealkylation sites (tertiary alicyclic amines) is 1. The molecule has 0 spiro atoms. The van der Waals surface area contributed by atoms with Crippen molar-refractivity contribution in [3.63, 3.8) is 0 Å². The van der Waals surface area contributed by atoms with Gasteiger partial charge in [-0.05, 0) is 74.5 Å². The molecule has 0 atom stereocenters. The summed E-state index contributed by atoms with van der Waals surface area (Å²) >= 11 is 0. The number of carbonyl (C=O) groups excluding carboxylic acids is 1. The zero-order valence-electron chi connectivity index (χ0n) is 16.2. The summed E-state index contributed by atoms with van der Waals surface area (Å²) in [6.45, 7) is 1.98. The minimum Gasteiger partial charge on any atom is -0.497 e. The Labute approximate surface area is 168 Å². The van der Waals surface area contributed by atoms with E-state index in [0.29, 0.717) is 29.5 Å². The van der Waals surface area contributed by atoms with Crippen LogP contribution in [0.3, 0.4) is 0 Å². The van der Waals surface area contributed by atoms with E-state index >= 15 is 0 Å². The monoisotopic (exact) mass is 395 g/mol. The largest absolute Gasteiger partial charge is 0.497 e. The van der Waals surface area contributed by atoms with Crippen LogP contribution < -0.4 is 4.74 Å². The first kappa shape index (κ1) is 19.3. The van der Waals surface area contributed by atoms with Crippen molar-refractivity contribution in [2.75, 3.05) is 26.7 Å². The fourth-order valence-electron chi connectivity index (χ4n) is 3.52. The lowest BCUT2D eigenvalue weighted by Gasteiger charge is -2.29. The molecule has 1 saturated heterocycles. The highest BCUT2D eigenvalue weighted by Crippen LogP contribution is 2.29. The number of hydrogen-bond acceptors (Lipinski definition) is 6. The minimum atomic E-state index is -0.301. The Morgan fingerprint density at radius 3 is 2.45 bits per heavy atom. The van der Waals surface area contributed by atoms with Gasteiger partial charge in [-0.25, -0.2) is 4.39 Å². The Morgan fingerprint density at radius 1 is 1.10 bits per heavy atom. The summed E-state index contributed by atoms with van der Waals surface area (Å²) in [6.07, 6.45) is 1.70. The van der Waals surface area contributed by atoms with Gasteiger partial charge in [0.05, 0.1) is 13.7 Å². The summed E-state index contributed by atoms with van der Waals surface area (Å²) in [7, 11) is 1.60. The van der Waals surface area contributed by atoms with Crippen molar-refractivity contribution in [1.29, 1.82) is 0 Å². The number of rotatable bonds is 6. The molecule has 29 heavy (non-hydrogen) atoms. The van der Waals surface area contributed by atoms with E-state index in [1.54, 1.807) is 43.5 Å². The highest BCUT2D eigenvalue weighted by atomic mass is 19.1. The van der Waals surface area contributed by atoms with Gasteiger partial charge in [0.15, 0.2) is 5.78 Å². The smallest absolute Gasteiger partial charge is 0.247 e. The van der Waals surface area contributed by atoms with Crippen LogP contribution in [0.15, 0.2) is 52.9 Å². The Morgan fingerprint density at radius 2 is 1.79 bits per heavy atom. The molecule has 6 nitrogen and oxygen atoms in total. The lowest BCUT2D eigenvalue weighted by Crippen LogP contribution is -2.36. The van der Waals surface area contributed by atoms with Crippen molar-refractivity contribution in [1.82, 2.24) is 15.1 Å². The summed E-state index contributed by atoms with van der Waals surface area (Å²) in [5.74, 6) is 1.71. The molecule has 2 aromatic carbocycles. The quantitative estimate of drug-likeness (QED) is 0.589. The summed E-state index contributed by atoms with van der Waals surface area (Å²) in [4.78, 5) is 14.7. The minimum absolute atomic E-state index is 0.0995.